The Morgan fingerprint density at radius 3 is 2.42 bits per heavy atom. The molecule has 0 aromatic heterocycles. The molecular formula is C7H14N2O3. The third-order valence-corrected chi connectivity index (χ3v) is 0.644. The van der Waals surface area contributed by atoms with Gasteiger partial charge in [-0.2, -0.15) is 5.26 Å². The van der Waals surface area contributed by atoms with Crippen molar-refractivity contribution in [1.29, 1.82) is 5.26 Å². The van der Waals surface area contributed by atoms with Gasteiger partial charge in [-0.15, -0.1) is 0 Å². The third-order valence-electron chi connectivity index (χ3n) is 0.644. The highest BCUT2D eigenvalue weighted by Gasteiger charge is 1.90. The molecule has 5 nitrogen and oxygen atoms in total. The summed E-state index contributed by atoms with van der Waals surface area (Å²) < 4.78 is 0. The summed E-state index contributed by atoms with van der Waals surface area (Å²) in [5, 5.41) is 26.7. The number of aliphatic carboxylic acids is 1. The Balaban J connectivity index is 0. The zero-order chi connectivity index (χ0) is 9.98. The highest BCUT2D eigenvalue weighted by molar-refractivity contribution is 5.62. The van der Waals surface area contributed by atoms with Gasteiger partial charge in [-0.3, -0.25) is 4.79 Å². The number of nitriles is 1. The summed E-state index contributed by atoms with van der Waals surface area (Å²) in [6.45, 7) is 3.56. The number of rotatable bonds is 3. The number of carboxylic acids is 1. The van der Waals surface area contributed by atoms with Crippen LogP contribution in [0.5, 0.6) is 0 Å². The van der Waals surface area contributed by atoms with Crippen molar-refractivity contribution in [2.75, 3.05) is 13.1 Å². The van der Waals surface area contributed by atoms with Gasteiger partial charge in [0, 0.05) is 13.5 Å². The molecule has 1 unspecified atom stereocenters. The van der Waals surface area contributed by atoms with E-state index in [1.165, 1.54) is 0 Å². The molecule has 0 heterocycles. The van der Waals surface area contributed by atoms with Crippen LogP contribution in [0.4, 0.5) is 0 Å². The van der Waals surface area contributed by atoms with Gasteiger partial charge in [0.25, 0.3) is 5.97 Å². The number of aliphatic hydroxyl groups is 1. The Kier molecular flexibility index (Phi) is 11.1. The molecule has 3 N–H and O–H groups in total. The lowest BCUT2D eigenvalue weighted by Gasteiger charge is -2.00. The Hall–Kier alpha value is -1.12. The molecule has 12 heavy (non-hydrogen) atoms. The van der Waals surface area contributed by atoms with Crippen molar-refractivity contribution in [1.82, 2.24) is 5.32 Å². The van der Waals surface area contributed by atoms with Gasteiger partial charge in [-0.05, 0) is 6.92 Å². The van der Waals surface area contributed by atoms with Crippen molar-refractivity contribution in [3.05, 3.63) is 0 Å². The molecular weight excluding hydrogens is 160 g/mol. The molecule has 0 radical (unpaired) electrons. The quantitative estimate of drug-likeness (QED) is 0.399. The molecule has 0 fully saturated rings. The first-order valence-electron chi connectivity index (χ1n) is 3.46. The molecule has 0 aromatic carbocycles. The van der Waals surface area contributed by atoms with Crippen molar-refractivity contribution in [3.8, 4) is 6.07 Å². The number of carboxylic acid groups (broad SMARTS) is 1. The lowest BCUT2D eigenvalue weighted by atomic mass is 10.4. The minimum absolute atomic E-state index is 0.310. The van der Waals surface area contributed by atoms with E-state index in [-0.39, 0.29) is 6.10 Å². The molecule has 0 rings (SSSR count). The molecule has 0 aliphatic carbocycles. The van der Waals surface area contributed by atoms with Gasteiger partial charge in [0.2, 0.25) is 0 Å². The minimum Gasteiger partial charge on any atom is -0.481 e. The lowest BCUT2D eigenvalue weighted by Crippen LogP contribution is -2.24. The van der Waals surface area contributed by atoms with Crippen LogP contribution in [-0.2, 0) is 4.79 Å². The fourth-order valence-corrected chi connectivity index (χ4v) is 0.337. The fourth-order valence-electron chi connectivity index (χ4n) is 0.337. The van der Waals surface area contributed by atoms with E-state index in [2.05, 4.69) is 5.32 Å². The minimum atomic E-state index is -0.833. The smallest absolute Gasteiger partial charge is 0.300 e. The average molecular weight is 174 g/mol. The first kappa shape index (κ1) is 13.5. The van der Waals surface area contributed by atoms with E-state index in [0.717, 1.165) is 6.92 Å². The zero-order valence-corrected chi connectivity index (χ0v) is 7.24. The highest BCUT2D eigenvalue weighted by Crippen LogP contribution is 1.71. The zero-order valence-electron chi connectivity index (χ0n) is 7.24. The van der Waals surface area contributed by atoms with Gasteiger partial charge < -0.3 is 15.5 Å². The number of hydrogen-bond acceptors (Lipinski definition) is 4. The molecule has 1 atom stereocenters. The van der Waals surface area contributed by atoms with Crippen molar-refractivity contribution < 1.29 is 15.0 Å². The van der Waals surface area contributed by atoms with Crippen LogP contribution >= 0.6 is 0 Å². The second-order valence-electron chi connectivity index (χ2n) is 2.16. The van der Waals surface area contributed by atoms with Crippen LogP contribution < -0.4 is 5.32 Å². The molecule has 0 saturated carbocycles. The van der Waals surface area contributed by atoms with E-state index in [0.29, 0.717) is 13.1 Å². The Labute approximate surface area is 71.6 Å². The van der Waals surface area contributed by atoms with Gasteiger partial charge in [0.05, 0.1) is 18.7 Å². The average Bonchev–Trinajstić information content (AvgIpc) is 1.86. The van der Waals surface area contributed by atoms with E-state index < -0.39 is 5.97 Å². The molecule has 0 amide bonds. The summed E-state index contributed by atoms with van der Waals surface area (Å²) >= 11 is 0. The molecule has 0 aliphatic heterocycles. The van der Waals surface area contributed by atoms with Crippen LogP contribution in [0.25, 0.3) is 0 Å². The Bertz CT molecular complexity index is 147. The van der Waals surface area contributed by atoms with Crippen LogP contribution in [0.3, 0.4) is 0 Å². The van der Waals surface area contributed by atoms with E-state index >= 15 is 0 Å². The number of aliphatic hydroxyl groups excluding tert-OH is 1. The van der Waals surface area contributed by atoms with Crippen LogP contribution in [0, 0.1) is 11.3 Å². The van der Waals surface area contributed by atoms with E-state index in [1.54, 1.807) is 6.92 Å². The summed E-state index contributed by atoms with van der Waals surface area (Å²) in [4.78, 5) is 9.00. The number of nitrogens with one attached hydrogen (secondary N) is 1. The van der Waals surface area contributed by atoms with E-state index in [4.69, 9.17) is 20.3 Å². The normalized spacial score (nSPS) is 10.5. The lowest BCUT2D eigenvalue weighted by molar-refractivity contribution is -0.134. The second-order valence-corrected chi connectivity index (χ2v) is 2.16. The van der Waals surface area contributed by atoms with E-state index in [1.807, 2.05) is 6.07 Å². The largest absolute Gasteiger partial charge is 0.481 e. The summed E-state index contributed by atoms with van der Waals surface area (Å²) in [5.74, 6) is -0.833. The Morgan fingerprint density at radius 1 is 1.75 bits per heavy atom. The van der Waals surface area contributed by atoms with E-state index in [9.17, 15) is 0 Å². The number of hydrogen-bond donors (Lipinski definition) is 3. The number of nitrogens with zero attached hydrogens (tertiary/aromatic N) is 1. The van der Waals surface area contributed by atoms with Crippen LogP contribution in [0.1, 0.15) is 13.8 Å². The standard InChI is InChI=1S/C5H10N2O.C2H4O2/c1-5(8)4-7-3-2-6;1-2(3)4/h5,7-8H,3-4H2,1H3;1H3,(H,3,4). The van der Waals surface area contributed by atoms with Crippen molar-refractivity contribution in [2.24, 2.45) is 0 Å². The monoisotopic (exact) mass is 174 g/mol. The summed E-state index contributed by atoms with van der Waals surface area (Å²) in [6.07, 6.45) is -0.358. The summed E-state index contributed by atoms with van der Waals surface area (Å²) in [6, 6.07) is 1.90. The van der Waals surface area contributed by atoms with Gasteiger partial charge in [0.15, 0.2) is 0 Å². The van der Waals surface area contributed by atoms with Crippen molar-refractivity contribution >= 4 is 5.97 Å². The number of carbonyl (C=O) groups is 1. The summed E-state index contributed by atoms with van der Waals surface area (Å²) in [7, 11) is 0. The van der Waals surface area contributed by atoms with Gasteiger partial charge in [-0.1, -0.05) is 0 Å². The summed E-state index contributed by atoms with van der Waals surface area (Å²) in [5.41, 5.74) is 0. The second kappa shape index (κ2) is 9.88. The third kappa shape index (κ3) is 36.6. The van der Waals surface area contributed by atoms with Crippen molar-refractivity contribution in [3.63, 3.8) is 0 Å². The molecule has 70 valence electrons. The first-order valence-corrected chi connectivity index (χ1v) is 3.46. The van der Waals surface area contributed by atoms with Crippen LogP contribution in [0.15, 0.2) is 0 Å². The van der Waals surface area contributed by atoms with Crippen LogP contribution in [0.2, 0.25) is 0 Å². The molecule has 5 heteroatoms. The van der Waals surface area contributed by atoms with Gasteiger partial charge >= 0.3 is 0 Å². The van der Waals surface area contributed by atoms with Gasteiger partial charge in [0.1, 0.15) is 0 Å². The SMILES string of the molecule is CC(=O)O.CC(O)CNCC#N. The fraction of sp³-hybridized carbons (Fsp3) is 0.714. The predicted octanol–water partition coefficient (Wildman–Crippen LogP) is -0.429. The molecule has 0 aromatic rings. The highest BCUT2D eigenvalue weighted by atomic mass is 16.4. The maximum Gasteiger partial charge on any atom is 0.300 e. The predicted molar refractivity (Wildman–Crippen MR) is 43.5 cm³/mol. The van der Waals surface area contributed by atoms with Gasteiger partial charge in [-0.25, -0.2) is 0 Å². The molecule has 0 saturated heterocycles. The molecule has 0 spiro atoms. The van der Waals surface area contributed by atoms with Crippen LogP contribution in [-0.4, -0.2) is 35.4 Å². The van der Waals surface area contributed by atoms with Crippen molar-refractivity contribution in [2.45, 2.75) is 20.0 Å². The first-order chi connectivity index (χ1) is 5.50. The topological polar surface area (TPSA) is 93.3 Å². The maximum atomic E-state index is 9.00. The Morgan fingerprint density at radius 2 is 2.17 bits per heavy atom. The maximum absolute atomic E-state index is 9.00. The molecule has 0 bridgehead atoms. The molecule has 0 aliphatic rings.